The van der Waals surface area contributed by atoms with Crippen molar-refractivity contribution in [2.45, 2.75) is 32.4 Å². The number of methoxy groups -OCH3 is 2. The molecule has 0 spiro atoms. The normalized spacial score (nSPS) is 10.9. The lowest BCUT2D eigenvalue weighted by Crippen LogP contribution is -2.35. The summed E-state index contributed by atoms with van der Waals surface area (Å²) < 4.78 is 16.2. The number of hydrogen-bond donors (Lipinski definition) is 3. The van der Waals surface area contributed by atoms with Crippen molar-refractivity contribution in [1.29, 1.82) is 5.26 Å². The van der Waals surface area contributed by atoms with Crippen molar-refractivity contribution in [1.82, 2.24) is 10.3 Å². The van der Waals surface area contributed by atoms with Crippen molar-refractivity contribution in [3.63, 3.8) is 0 Å². The van der Waals surface area contributed by atoms with Crippen molar-refractivity contribution >= 4 is 30.5 Å². The molecule has 8 nitrogen and oxygen atoms in total. The largest absolute Gasteiger partial charge is 0.493 e. The van der Waals surface area contributed by atoms with Crippen LogP contribution in [0.1, 0.15) is 25.0 Å². The second-order valence-electron chi connectivity index (χ2n) is 7.04. The summed E-state index contributed by atoms with van der Waals surface area (Å²) in [6, 6.07) is 9.91. The van der Waals surface area contributed by atoms with E-state index in [1.54, 1.807) is 26.5 Å². The molecule has 178 valence electrons. The Morgan fingerprint density at radius 1 is 1.12 bits per heavy atom. The first-order valence-electron chi connectivity index (χ1n) is 9.86. The van der Waals surface area contributed by atoms with Gasteiger partial charge in [0.05, 0.1) is 19.9 Å². The van der Waals surface area contributed by atoms with Crippen LogP contribution in [-0.2, 0) is 6.42 Å². The summed E-state index contributed by atoms with van der Waals surface area (Å²) in [4.78, 5) is 4.14. The first-order chi connectivity index (χ1) is 14.5. The highest BCUT2D eigenvalue weighted by atomic mass is 35.5. The fourth-order valence-electron chi connectivity index (χ4n) is 2.79. The lowest BCUT2D eigenvalue weighted by molar-refractivity contribution is 0.102. The van der Waals surface area contributed by atoms with E-state index in [0.29, 0.717) is 35.8 Å². The van der Waals surface area contributed by atoms with E-state index in [2.05, 4.69) is 21.7 Å². The maximum atomic E-state index is 10.0. The molecular weight excluding hydrogens is 455 g/mol. The van der Waals surface area contributed by atoms with Gasteiger partial charge in [0.25, 0.3) is 0 Å². The molecule has 0 aliphatic carbocycles. The van der Waals surface area contributed by atoms with E-state index in [1.165, 1.54) is 0 Å². The Hall–Kier alpha value is -2.44. The van der Waals surface area contributed by atoms with Gasteiger partial charge in [0, 0.05) is 25.3 Å². The highest BCUT2D eigenvalue weighted by Gasteiger charge is 2.13. The highest BCUT2D eigenvalue weighted by Crippen LogP contribution is 2.28. The smallest absolute Gasteiger partial charge is 0.233 e. The van der Waals surface area contributed by atoms with Gasteiger partial charge in [-0.15, -0.1) is 24.8 Å². The van der Waals surface area contributed by atoms with Gasteiger partial charge in [-0.05, 0) is 30.2 Å². The Balaban J connectivity index is 0.00000480. The molecule has 0 amide bonds. The number of nitrogens with one attached hydrogen (secondary N) is 2. The minimum atomic E-state index is -0.692. The quantitative estimate of drug-likeness (QED) is 0.419. The predicted molar refractivity (Wildman–Crippen MR) is 130 cm³/mol. The Bertz CT molecular complexity index is 862. The molecule has 2 rings (SSSR count). The molecule has 0 saturated carbocycles. The zero-order chi connectivity index (χ0) is 21.9. The van der Waals surface area contributed by atoms with Gasteiger partial charge in [0.1, 0.15) is 24.3 Å². The number of aliphatic hydroxyl groups is 1. The third kappa shape index (κ3) is 8.97. The van der Waals surface area contributed by atoms with Gasteiger partial charge in [-0.2, -0.15) is 5.26 Å². The van der Waals surface area contributed by atoms with Crippen molar-refractivity contribution < 1.29 is 19.3 Å². The second-order valence-corrected chi connectivity index (χ2v) is 7.04. The molecule has 1 atom stereocenters. The Morgan fingerprint density at radius 3 is 2.47 bits per heavy atom. The minimum Gasteiger partial charge on any atom is -0.493 e. The van der Waals surface area contributed by atoms with Crippen molar-refractivity contribution in [2.24, 2.45) is 0 Å². The summed E-state index contributed by atoms with van der Waals surface area (Å²) in [6.07, 6.45) is 1.61. The molecule has 0 radical (unpaired) electrons. The number of rotatable bonds is 12. The lowest BCUT2D eigenvalue weighted by atomic mass is 10.1. The van der Waals surface area contributed by atoms with E-state index >= 15 is 0 Å². The van der Waals surface area contributed by atoms with E-state index in [9.17, 15) is 10.4 Å². The monoisotopic (exact) mass is 486 g/mol. The number of ether oxygens (including phenoxy) is 3. The van der Waals surface area contributed by atoms with E-state index < -0.39 is 6.10 Å². The van der Waals surface area contributed by atoms with Crippen molar-refractivity contribution in [2.75, 3.05) is 39.2 Å². The average molecular weight is 487 g/mol. The third-order valence-electron chi connectivity index (χ3n) is 4.38. The van der Waals surface area contributed by atoms with Gasteiger partial charge < -0.3 is 30.0 Å². The summed E-state index contributed by atoms with van der Waals surface area (Å²) >= 11 is 0. The average Bonchev–Trinajstić information content (AvgIpc) is 2.76. The molecule has 3 N–H and O–H groups in total. The summed E-state index contributed by atoms with van der Waals surface area (Å²) in [6.45, 7) is 5.06. The number of aliphatic hydroxyl groups excluding tert-OH is 1. The first-order valence-corrected chi connectivity index (χ1v) is 9.86. The lowest BCUT2D eigenvalue weighted by Gasteiger charge is -2.16. The number of aromatic nitrogens is 1. The van der Waals surface area contributed by atoms with Crippen LogP contribution in [0.3, 0.4) is 0 Å². The fraction of sp³-hybridized carbons (Fsp3) is 0.455. The first kappa shape index (κ1) is 29.6. The van der Waals surface area contributed by atoms with Gasteiger partial charge in [-0.3, -0.25) is 0 Å². The molecule has 1 aromatic heterocycles. The maximum Gasteiger partial charge on any atom is 0.233 e. The number of benzene rings is 1. The Labute approximate surface area is 202 Å². The van der Waals surface area contributed by atoms with Crippen LogP contribution in [-0.4, -0.2) is 56.2 Å². The van der Waals surface area contributed by atoms with Gasteiger partial charge in [0.15, 0.2) is 11.5 Å². The zero-order valence-electron chi connectivity index (χ0n) is 18.8. The molecule has 1 heterocycles. The maximum absolute atomic E-state index is 10.0. The van der Waals surface area contributed by atoms with Crippen LogP contribution in [0, 0.1) is 11.3 Å². The van der Waals surface area contributed by atoms with Gasteiger partial charge in [-0.25, -0.2) is 4.98 Å². The number of pyridine rings is 1. The summed E-state index contributed by atoms with van der Waals surface area (Å²) in [5, 5.41) is 26.0. The highest BCUT2D eigenvalue weighted by molar-refractivity contribution is 5.85. The Kier molecular flexibility index (Phi) is 14.2. The van der Waals surface area contributed by atoms with E-state index in [1.807, 2.05) is 32.0 Å². The van der Waals surface area contributed by atoms with E-state index in [-0.39, 0.29) is 43.3 Å². The number of nitrogens with zero attached hydrogens (tertiary/aromatic N) is 2. The number of halogens is 2. The molecule has 10 heteroatoms. The van der Waals surface area contributed by atoms with Crippen LogP contribution in [0.15, 0.2) is 30.5 Å². The standard InChI is InChI=1S/C22H30N4O4.2ClH/c1-15(2)26-13-17(27)14-30-22-18(12-23)19(8-10-25-22)24-9-7-16-5-6-20(28-3)21(11-16)29-4;;/h5-6,8,10-11,15,17,26-27H,7,9,13-14H2,1-4H3,(H,24,25);2*1H. The van der Waals surface area contributed by atoms with Crippen LogP contribution >= 0.6 is 24.8 Å². The molecule has 0 fully saturated rings. The number of hydrogen-bond acceptors (Lipinski definition) is 8. The molecular formula is C22H32Cl2N4O4. The Morgan fingerprint density at radius 2 is 1.84 bits per heavy atom. The molecule has 0 aliphatic rings. The van der Waals surface area contributed by atoms with Crippen molar-refractivity contribution in [3.05, 3.63) is 41.6 Å². The molecule has 0 aliphatic heterocycles. The zero-order valence-corrected chi connectivity index (χ0v) is 20.4. The van der Waals surface area contributed by atoms with E-state index in [0.717, 1.165) is 12.0 Å². The van der Waals surface area contributed by atoms with Crippen LogP contribution in [0.25, 0.3) is 0 Å². The van der Waals surface area contributed by atoms with Crippen LogP contribution in [0.5, 0.6) is 17.4 Å². The summed E-state index contributed by atoms with van der Waals surface area (Å²) in [7, 11) is 3.21. The second kappa shape index (κ2) is 15.4. The molecule has 2 aromatic rings. The van der Waals surface area contributed by atoms with Crippen molar-refractivity contribution in [3.8, 4) is 23.4 Å². The third-order valence-corrected chi connectivity index (χ3v) is 4.38. The molecule has 1 aromatic carbocycles. The summed E-state index contributed by atoms with van der Waals surface area (Å²) in [5.41, 5.74) is 2.02. The topological polar surface area (TPSA) is 109 Å². The SMILES string of the molecule is COc1ccc(CCNc2ccnc(OCC(O)CNC(C)C)c2C#N)cc1OC.Cl.Cl. The minimum absolute atomic E-state index is 0. The van der Waals surface area contributed by atoms with Crippen LogP contribution in [0.4, 0.5) is 5.69 Å². The van der Waals surface area contributed by atoms with Crippen LogP contribution in [0.2, 0.25) is 0 Å². The summed E-state index contributed by atoms with van der Waals surface area (Å²) in [5.74, 6) is 1.57. The van der Waals surface area contributed by atoms with E-state index in [4.69, 9.17) is 14.2 Å². The van der Waals surface area contributed by atoms with Crippen LogP contribution < -0.4 is 24.8 Å². The predicted octanol–water partition coefficient (Wildman–Crippen LogP) is 3.21. The van der Waals surface area contributed by atoms with Gasteiger partial charge in [-0.1, -0.05) is 19.9 Å². The van der Waals surface area contributed by atoms with Gasteiger partial charge in [0.2, 0.25) is 5.88 Å². The van der Waals surface area contributed by atoms with Gasteiger partial charge >= 0.3 is 0 Å². The number of nitriles is 1. The fourth-order valence-corrected chi connectivity index (χ4v) is 2.79. The number of anilines is 1. The molecule has 1 unspecified atom stereocenters. The molecule has 0 saturated heterocycles. The molecule has 32 heavy (non-hydrogen) atoms. The molecule has 0 bridgehead atoms.